The first kappa shape index (κ1) is 22.4. The van der Waals surface area contributed by atoms with Gasteiger partial charge in [0.2, 0.25) is 11.5 Å². The number of aryl methyl sites for hydroxylation is 2. The highest BCUT2D eigenvalue weighted by Gasteiger charge is 2.08. The van der Waals surface area contributed by atoms with Gasteiger partial charge in [0.1, 0.15) is 36.0 Å². The molecule has 0 aliphatic rings. The van der Waals surface area contributed by atoms with Crippen LogP contribution in [0.2, 0.25) is 0 Å². The van der Waals surface area contributed by atoms with E-state index >= 15 is 0 Å². The van der Waals surface area contributed by atoms with E-state index in [9.17, 15) is 0 Å². The fourth-order valence-electron chi connectivity index (χ4n) is 2.99. The summed E-state index contributed by atoms with van der Waals surface area (Å²) in [7, 11) is 0. The molecule has 2 aromatic heterocycles. The van der Waals surface area contributed by atoms with Crippen LogP contribution in [0.4, 0.5) is 0 Å². The predicted octanol–water partition coefficient (Wildman–Crippen LogP) is 5.66. The van der Waals surface area contributed by atoms with E-state index in [2.05, 4.69) is 12.1 Å². The van der Waals surface area contributed by atoms with Crippen molar-refractivity contribution in [2.45, 2.75) is 27.1 Å². The van der Waals surface area contributed by atoms with Gasteiger partial charge in [-0.2, -0.15) is 10.5 Å². The van der Waals surface area contributed by atoms with E-state index in [1.165, 1.54) is 11.6 Å². The minimum atomic E-state index is -0.0724. The van der Waals surface area contributed by atoms with E-state index in [1.807, 2.05) is 61.5 Å². The van der Waals surface area contributed by atoms with Crippen molar-refractivity contribution < 1.29 is 18.7 Å². The molecule has 0 saturated heterocycles. The standard InChI is InChI=1S/C19H15NO2.C7H7NO2/c1-14-17(11-19(12-20)22-14)13-21-18-9-7-16(8-10-18)15-5-3-2-4-6-15;1-5-6(4-9)2-7(3-8)10-5/h2-11H,13H2,1H3;2,9H,4H2,1H3. The third kappa shape index (κ3) is 5.66. The van der Waals surface area contributed by atoms with Crippen LogP contribution in [0.1, 0.15) is 34.2 Å². The number of rotatable bonds is 5. The maximum absolute atomic E-state index is 8.81. The Kier molecular flexibility index (Phi) is 7.48. The summed E-state index contributed by atoms with van der Waals surface area (Å²) in [5.74, 6) is 2.69. The van der Waals surface area contributed by atoms with Crippen molar-refractivity contribution in [3.05, 3.63) is 101 Å². The average molecular weight is 426 g/mol. The summed E-state index contributed by atoms with van der Waals surface area (Å²) >= 11 is 0. The van der Waals surface area contributed by atoms with Crippen molar-refractivity contribution >= 4 is 0 Å². The van der Waals surface area contributed by atoms with Crippen LogP contribution in [0.25, 0.3) is 11.1 Å². The molecule has 0 unspecified atom stereocenters. The molecule has 4 rings (SSSR count). The molecule has 0 fully saturated rings. The summed E-state index contributed by atoms with van der Waals surface area (Å²) in [5, 5.41) is 25.8. The van der Waals surface area contributed by atoms with E-state index in [0.717, 1.165) is 22.6 Å². The molecule has 0 bridgehead atoms. The highest BCUT2D eigenvalue weighted by atomic mass is 16.5. The molecule has 0 aliphatic heterocycles. The summed E-state index contributed by atoms with van der Waals surface area (Å²) in [4.78, 5) is 0. The molecule has 2 aromatic carbocycles. The first-order valence-corrected chi connectivity index (χ1v) is 9.92. The monoisotopic (exact) mass is 426 g/mol. The van der Waals surface area contributed by atoms with Gasteiger partial charge < -0.3 is 18.7 Å². The Morgan fingerprint density at radius 2 is 1.31 bits per heavy atom. The number of nitriles is 2. The van der Waals surface area contributed by atoms with E-state index in [1.54, 1.807) is 13.0 Å². The lowest BCUT2D eigenvalue weighted by molar-refractivity contribution is 0.279. The number of hydrogen-bond donors (Lipinski definition) is 1. The maximum atomic E-state index is 8.81. The van der Waals surface area contributed by atoms with Crippen LogP contribution in [0.3, 0.4) is 0 Å². The van der Waals surface area contributed by atoms with E-state index < -0.39 is 0 Å². The number of aliphatic hydroxyl groups is 1. The molecule has 0 atom stereocenters. The highest BCUT2D eigenvalue weighted by molar-refractivity contribution is 5.63. The number of nitrogens with zero attached hydrogens (tertiary/aromatic N) is 2. The number of furan rings is 2. The summed E-state index contributed by atoms with van der Waals surface area (Å²) in [5.41, 5.74) is 3.90. The molecule has 0 saturated carbocycles. The average Bonchev–Trinajstić information content (AvgIpc) is 3.40. The van der Waals surface area contributed by atoms with Crippen molar-refractivity contribution in [1.82, 2.24) is 0 Å². The van der Waals surface area contributed by atoms with Gasteiger partial charge in [0.05, 0.1) is 6.61 Å². The zero-order valence-electron chi connectivity index (χ0n) is 17.8. The second kappa shape index (κ2) is 10.7. The molecule has 6 nitrogen and oxygen atoms in total. The van der Waals surface area contributed by atoms with Crippen LogP contribution in [-0.4, -0.2) is 5.11 Å². The SMILES string of the molecule is Cc1oc(C#N)cc1CO.Cc1oc(C#N)cc1COc1ccc(-c2ccccc2)cc1. The minimum Gasteiger partial charge on any atom is -0.489 e. The van der Waals surface area contributed by atoms with Crippen LogP contribution in [0, 0.1) is 36.5 Å². The van der Waals surface area contributed by atoms with Crippen molar-refractivity contribution in [3.63, 3.8) is 0 Å². The highest BCUT2D eigenvalue weighted by Crippen LogP contribution is 2.23. The second-order valence-corrected chi connectivity index (χ2v) is 6.94. The van der Waals surface area contributed by atoms with Crippen LogP contribution in [0.15, 0.2) is 75.6 Å². The van der Waals surface area contributed by atoms with Crippen LogP contribution >= 0.6 is 0 Å². The van der Waals surface area contributed by atoms with Crippen molar-refractivity contribution in [2.75, 3.05) is 0 Å². The molecule has 0 amide bonds. The van der Waals surface area contributed by atoms with Crippen LogP contribution in [-0.2, 0) is 13.2 Å². The number of benzene rings is 2. The number of hydrogen-bond acceptors (Lipinski definition) is 6. The lowest BCUT2D eigenvalue weighted by atomic mass is 10.1. The smallest absolute Gasteiger partial charge is 0.204 e. The van der Waals surface area contributed by atoms with Gasteiger partial charge in [-0.15, -0.1) is 0 Å². The normalized spacial score (nSPS) is 9.91. The Morgan fingerprint density at radius 3 is 1.81 bits per heavy atom. The summed E-state index contributed by atoms with van der Waals surface area (Å²) in [6, 6.07) is 25.3. The van der Waals surface area contributed by atoms with Gasteiger partial charge in [0, 0.05) is 23.3 Å². The quantitative estimate of drug-likeness (QED) is 0.442. The third-order valence-corrected chi connectivity index (χ3v) is 4.79. The van der Waals surface area contributed by atoms with Crippen molar-refractivity contribution in [1.29, 1.82) is 10.5 Å². The second-order valence-electron chi connectivity index (χ2n) is 6.94. The van der Waals surface area contributed by atoms with E-state index in [4.69, 9.17) is 29.2 Å². The van der Waals surface area contributed by atoms with Gasteiger partial charge in [-0.25, -0.2) is 0 Å². The Balaban J connectivity index is 0.000000243. The van der Waals surface area contributed by atoms with Crippen LogP contribution < -0.4 is 4.74 Å². The predicted molar refractivity (Wildman–Crippen MR) is 118 cm³/mol. The number of aliphatic hydroxyl groups excluding tert-OH is 1. The van der Waals surface area contributed by atoms with Crippen molar-refractivity contribution in [3.8, 4) is 29.0 Å². The first-order chi connectivity index (χ1) is 15.5. The molecule has 0 aliphatic carbocycles. The fourth-order valence-corrected chi connectivity index (χ4v) is 2.99. The largest absolute Gasteiger partial charge is 0.489 e. The topological polar surface area (TPSA) is 103 Å². The molecule has 4 aromatic rings. The number of ether oxygens (including phenoxy) is 1. The molecule has 6 heteroatoms. The maximum Gasteiger partial charge on any atom is 0.204 e. The zero-order valence-corrected chi connectivity index (χ0v) is 17.8. The summed E-state index contributed by atoms with van der Waals surface area (Å²) in [6.07, 6.45) is 0. The molecular formula is C26H22N2O4. The van der Waals surface area contributed by atoms with Gasteiger partial charge >= 0.3 is 0 Å². The first-order valence-electron chi connectivity index (χ1n) is 9.92. The van der Waals surface area contributed by atoms with E-state index in [-0.39, 0.29) is 12.4 Å². The van der Waals surface area contributed by atoms with Gasteiger partial charge in [0.25, 0.3) is 0 Å². The Morgan fingerprint density at radius 1 is 0.781 bits per heavy atom. The minimum absolute atomic E-state index is 0.0724. The zero-order chi connectivity index (χ0) is 22.9. The van der Waals surface area contributed by atoms with Gasteiger partial charge in [0.15, 0.2) is 0 Å². The molecule has 0 spiro atoms. The Labute approximate surface area is 186 Å². The van der Waals surface area contributed by atoms with Crippen molar-refractivity contribution in [2.24, 2.45) is 0 Å². The molecule has 0 radical (unpaired) electrons. The molecule has 1 N–H and O–H groups in total. The Bertz CT molecular complexity index is 1240. The van der Waals surface area contributed by atoms with Gasteiger partial charge in [-0.05, 0) is 37.1 Å². The fraction of sp³-hybridized carbons (Fsp3) is 0.154. The molecule has 160 valence electrons. The lowest BCUT2D eigenvalue weighted by Crippen LogP contribution is -1.95. The molecular weight excluding hydrogens is 404 g/mol. The molecule has 2 heterocycles. The molecule has 32 heavy (non-hydrogen) atoms. The third-order valence-electron chi connectivity index (χ3n) is 4.79. The van der Waals surface area contributed by atoms with Crippen LogP contribution in [0.5, 0.6) is 5.75 Å². The lowest BCUT2D eigenvalue weighted by Gasteiger charge is -2.07. The van der Waals surface area contributed by atoms with Gasteiger partial charge in [-0.1, -0.05) is 42.5 Å². The summed E-state index contributed by atoms with van der Waals surface area (Å²) in [6.45, 7) is 3.86. The summed E-state index contributed by atoms with van der Waals surface area (Å²) < 4.78 is 16.0. The van der Waals surface area contributed by atoms with E-state index in [0.29, 0.717) is 23.7 Å². The van der Waals surface area contributed by atoms with Gasteiger partial charge in [-0.3, -0.25) is 0 Å². The Hall–Kier alpha value is -4.26.